The highest BCUT2D eigenvalue weighted by Gasteiger charge is 2.13. The Morgan fingerprint density at radius 1 is 1.71 bits per heavy atom. The molecule has 2 rings (SSSR count). The molecule has 0 saturated carbocycles. The summed E-state index contributed by atoms with van der Waals surface area (Å²) in [5.41, 5.74) is 0. The van der Waals surface area contributed by atoms with E-state index in [2.05, 4.69) is 15.4 Å². The maximum Gasteiger partial charge on any atom is 0.152 e. The van der Waals surface area contributed by atoms with E-state index in [1.165, 1.54) is 6.42 Å². The van der Waals surface area contributed by atoms with Gasteiger partial charge in [-0.1, -0.05) is 0 Å². The predicted octanol–water partition coefficient (Wildman–Crippen LogP) is 0.0837. The first-order valence-electron chi connectivity index (χ1n) is 5.01. The third-order valence-corrected chi connectivity index (χ3v) is 2.50. The van der Waals surface area contributed by atoms with Crippen LogP contribution in [0.15, 0.2) is 6.33 Å². The van der Waals surface area contributed by atoms with Gasteiger partial charge in [-0.05, 0) is 19.4 Å². The number of hydrogen-bond acceptors (Lipinski definition) is 4. The van der Waals surface area contributed by atoms with E-state index in [9.17, 15) is 0 Å². The second-order valence-corrected chi connectivity index (χ2v) is 3.58. The second-order valence-electron chi connectivity index (χ2n) is 3.58. The standard InChI is InChI=1S/C9H16N4O/c1-13-9(11-7-12-13)6-14-8-3-2-4-10-5-8/h7-8,10H,2-6H2,1H3/t8-/m0/s1. The third-order valence-electron chi connectivity index (χ3n) is 2.50. The molecule has 0 spiro atoms. The van der Waals surface area contributed by atoms with E-state index in [-0.39, 0.29) is 0 Å². The lowest BCUT2D eigenvalue weighted by molar-refractivity contribution is 0.0204. The number of nitrogens with one attached hydrogen (secondary N) is 1. The van der Waals surface area contributed by atoms with Crippen LogP contribution < -0.4 is 5.32 Å². The average molecular weight is 196 g/mol. The highest BCUT2D eigenvalue weighted by atomic mass is 16.5. The van der Waals surface area contributed by atoms with Crippen LogP contribution in [0.25, 0.3) is 0 Å². The lowest BCUT2D eigenvalue weighted by Crippen LogP contribution is -2.35. The average Bonchev–Trinajstić information content (AvgIpc) is 2.63. The number of piperidine rings is 1. The summed E-state index contributed by atoms with van der Waals surface area (Å²) in [5, 5.41) is 7.30. The zero-order valence-electron chi connectivity index (χ0n) is 8.44. The van der Waals surface area contributed by atoms with Crippen LogP contribution in [-0.2, 0) is 18.4 Å². The largest absolute Gasteiger partial charge is 0.369 e. The molecule has 1 N–H and O–H groups in total. The van der Waals surface area contributed by atoms with Gasteiger partial charge < -0.3 is 10.1 Å². The second kappa shape index (κ2) is 4.52. The minimum atomic E-state index is 0.334. The predicted molar refractivity (Wildman–Crippen MR) is 51.7 cm³/mol. The van der Waals surface area contributed by atoms with Crippen LogP contribution in [-0.4, -0.2) is 34.0 Å². The van der Waals surface area contributed by atoms with Crippen LogP contribution in [0, 0.1) is 0 Å². The van der Waals surface area contributed by atoms with Gasteiger partial charge in [0.2, 0.25) is 0 Å². The van der Waals surface area contributed by atoms with Crippen LogP contribution >= 0.6 is 0 Å². The molecule has 1 fully saturated rings. The quantitative estimate of drug-likeness (QED) is 0.744. The summed E-state index contributed by atoms with van der Waals surface area (Å²) in [5.74, 6) is 0.885. The van der Waals surface area contributed by atoms with Gasteiger partial charge in [0.25, 0.3) is 0 Å². The molecule has 1 aromatic rings. The topological polar surface area (TPSA) is 52.0 Å². The molecule has 5 nitrogen and oxygen atoms in total. The SMILES string of the molecule is Cn1ncnc1CO[C@H]1CCCNC1. The van der Waals surface area contributed by atoms with Crippen LogP contribution in [0.4, 0.5) is 0 Å². The van der Waals surface area contributed by atoms with E-state index in [1.807, 2.05) is 7.05 Å². The number of aromatic nitrogens is 3. The summed E-state index contributed by atoms with van der Waals surface area (Å²) in [6.45, 7) is 2.63. The lowest BCUT2D eigenvalue weighted by Gasteiger charge is -2.22. The summed E-state index contributed by atoms with van der Waals surface area (Å²) in [7, 11) is 1.88. The van der Waals surface area contributed by atoms with E-state index >= 15 is 0 Å². The van der Waals surface area contributed by atoms with Gasteiger partial charge in [-0.25, -0.2) is 4.98 Å². The highest BCUT2D eigenvalue weighted by Crippen LogP contribution is 2.07. The maximum atomic E-state index is 5.72. The Kier molecular flexibility index (Phi) is 3.10. The van der Waals surface area contributed by atoms with E-state index in [0.29, 0.717) is 12.7 Å². The minimum absolute atomic E-state index is 0.334. The summed E-state index contributed by atoms with van der Waals surface area (Å²) < 4.78 is 7.47. The molecule has 78 valence electrons. The van der Waals surface area contributed by atoms with E-state index in [1.54, 1.807) is 11.0 Å². The molecule has 0 amide bonds. The van der Waals surface area contributed by atoms with Crippen LogP contribution in [0.3, 0.4) is 0 Å². The molecule has 1 aromatic heterocycles. The monoisotopic (exact) mass is 196 g/mol. The highest BCUT2D eigenvalue weighted by molar-refractivity contribution is 4.80. The Hall–Kier alpha value is -0.940. The van der Waals surface area contributed by atoms with Crippen molar-refractivity contribution in [3.05, 3.63) is 12.2 Å². The molecule has 2 heterocycles. The lowest BCUT2D eigenvalue weighted by atomic mass is 10.1. The molecule has 1 aliphatic heterocycles. The maximum absolute atomic E-state index is 5.72. The van der Waals surface area contributed by atoms with Gasteiger partial charge in [0.1, 0.15) is 12.9 Å². The normalized spacial score (nSPS) is 22.5. The molecule has 14 heavy (non-hydrogen) atoms. The van der Waals surface area contributed by atoms with E-state index < -0.39 is 0 Å². The Balaban J connectivity index is 1.79. The van der Waals surface area contributed by atoms with Crippen molar-refractivity contribution in [2.75, 3.05) is 13.1 Å². The Morgan fingerprint density at radius 2 is 2.64 bits per heavy atom. The van der Waals surface area contributed by atoms with Gasteiger partial charge in [-0.3, -0.25) is 4.68 Å². The fraction of sp³-hybridized carbons (Fsp3) is 0.778. The first-order valence-corrected chi connectivity index (χ1v) is 5.01. The van der Waals surface area contributed by atoms with Crippen molar-refractivity contribution in [2.45, 2.75) is 25.6 Å². The first kappa shape index (κ1) is 9.61. The summed E-state index contributed by atoms with van der Waals surface area (Å²) >= 11 is 0. The van der Waals surface area contributed by atoms with Crippen molar-refractivity contribution in [3.8, 4) is 0 Å². The molecule has 5 heteroatoms. The summed E-state index contributed by atoms with van der Waals surface area (Å²) in [6, 6.07) is 0. The summed E-state index contributed by atoms with van der Waals surface area (Å²) in [6.07, 6.45) is 4.23. The van der Waals surface area contributed by atoms with E-state index in [0.717, 1.165) is 25.3 Å². The molecular weight excluding hydrogens is 180 g/mol. The van der Waals surface area contributed by atoms with Gasteiger partial charge in [0, 0.05) is 13.6 Å². The third kappa shape index (κ3) is 2.30. The molecule has 0 aromatic carbocycles. The number of nitrogens with zero attached hydrogens (tertiary/aromatic N) is 3. The van der Waals surface area contributed by atoms with Crippen molar-refractivity contribution in [2.24, 2.45) is 7.05 Å². The van der Waals surface area contributed by atoms with Crippen molar-refractivity contribution in [1.29, 1.82) is 0 Å². The minimum Gasteiger partial charge on any atom is -0.369 e. The van der Waals surface area contributed by atoms with E-state index in [4.69, 9.17) is 4.74 Å². The fourth-order valence-electron chi connectivity index (χ4n) is 1.61. The molecule has 0 bridgehead atoms. The molecule has 0 radical (unpaired) electrons. The van der Waals surface area contributed by atoms with Gasteiger partial charge in [-0.2, -0.15) is 5.10 Å². The molecule has 0 aliphatic carbocycles. The molecular formula is C9H16N4O. The van der Waals surface area contributed by atoms with Gasteiger partial charge >= 0.3 is 0 Å². The Bertz CT molecular complexity index is 280. The van der Waals surface area contributed by atoms with Crippen LogP contribution in [0.5, 0.6) is 0 Å². The first-order chi connectivity index (χ1) is 6.86. The van der Waals surface area contributed by atoms with Crippen molar-refractivity contribution in [1.82, 2.24) is 20.1 Å². The fourth-order valence-corrected chi connectivity index (χ4v) is 1.61. The van der Waals surface area contributed by atoms with Gasteiger partial charge in [0.15, 0.2) is 5.82 Å². The van der Waals surface area contributed by atoms with Crippen LogP contribution in [0.2, 0.25) is 0 Å². The van der Waals surface area contributed by atoms with Crippen molar-refractivity contribution < 1.29 is 4.74 Å². The molecule has 1 atom stereocenters. The number of aryl methyl sites for hydroxylation is 1. The zero-order chi connectivity index (χ0) is 9.80. The van der Waals surface area contributed by atoms with Crippen LogP contribution in [0.1, 0.15) is 18.7 Å². The molecule has 1 saturated heterocycles. The number of hydrogen-bond donors (Lipinski definition) is 1. The Morgan fingerprint density at radius 3 is 3.29 bits per heavy atom. The zero-order valence-corrected chi connectivity index (χ0v) is 8.44. The number of ether oxygens (including phenoxy) is 1. The van der Waals surface area contributed by atoms with Gasteiger partial charge in [-0.15, -0.1) is 0 Å². The smallest absolute Gasteiger partial charge is 0.152 e. The summed E-state index contributed by atoms with van der Waals surface area (Å²) in [4.78, 5) is 4.11. The molecule has 0 unspecified atom stereocenters. The van der Waals surface area contributed by atoms with Crippen molar-refractivity contribution >= 4 is 0 Å². The van der Waals surface area contributed by atoms with Gasteiger partial charge in [0.05, 0.1) is 6.10 Å². The molecule has 1 aliphatic rings. The Labute approximate surface area is 83.5 Å². The van der Waals surface area contributed by atoms with Crippen molar-refractivity contribution in [3.63, 3.8) is 0 Å². The number of rotatable bonds is 3.